The summed E-state index contributed by atoms with van der Waals surface area (Å²) in [5.74, 6) is -0.0363. The van der Waals surface area contributed by atoms with Gasteiger partial charge in [0, 0.05) is 12.6 Å². The van der Waals surface area contributed by atoms with Crippen LogP contribution in [0.15, 0.2) is 24.3 Å². The number of hydrogen-bond donors (Lipinski definition) is 1. The summed E-state index contributed by atoms with van der Waals surface area (Å²) in [4.78, 5) is 25.4. The molecule has 2 rings (SSSR count). The normalized spacial score (nSPS) is 21.5. The molecule has 5 nitrogen and oxygen atoms in total. The second-order valence-electron chi connectivity index (χ2n) is 5.60. The third-order valence-electron chi connectivity index (χ3n) is 4.01. The third kappa shape index (κ3) is 4.13. The minimum atomic E-state index is -0.336. The van der Waals surface area contributed by atoms with E-state index in [1.165, 1.54) is 0 Å². The van der Waals surface area contributed by atoms with Crippen LogP contribution in [0, 0.1) is 5.92 Å². The maximum Gasteiger partial charge on any atom is 0.226 e. The zero-order valence-electron chi connectivity index (χ0n) is 12.6. The van der Waals surface area contributed by atoms with Crippen LogP contribution in [-0.2, 0) is 9.59 Å². The van der Waals surface area contributed by atoms with E-state index in [9.17, 15) is 9.59 Å². The van der Waals surface area contributed by atoms with E-state index < -0.39 is 0 Å². The van der Waals surface area contributed by atoms with E-state index in [4.69, 9.17) is 22.1 Å². The van der Waals surface area contributed by atoms with Gasteiger partial charge < -0.3 is 15.4 Å². The molecular formula is C16H21ClN2O3. The van der Waals surface area contributed by atoms with E-state index in [1.54, 1.807) is 17.0 Å². The molecule has 2 atom stereocenters. The number of amides is 2. The van der Waals surface area contributed by atoms with Crippen molar-refractivity contribution in [1.82, 2.24) is 4.90 Å². The Hall–Kier alpha value is -1.75. The van der Waals surface area contributed by atoms with Gasteiger partial charge in [0.15, 0.2) is 0 Å². The van der Waals surface area contributed by atoms with Gasteiger partial charge in [0.1, 0.15) is 5.75 Å². The Morgan fingerprint density at radius 2 is 2.09 bits per heavy atom. The van der Waals surface area contributed by atoms with Crippen LogP contribution in [0.4, 0.5) is 0 Å². The average Bonchev–Trinajstić information content (AvgIpc) is 2.49. The Morgan fingerprint density at radius 3 is 2.77 bits per heavy atom. The Morgan fingerprint density at radius 1 is 1.36 bits per heavy atom. The summed E-state index contributed by atoms with van der Waals surface area (Å²) in [6.45, 7) is 2.65. The van der Waals surface area contributed by atoms with Crippen LogP contribution >= 0.6 is 11.6 Å². The quantitative estimate of drug-likeness (QED) is 0.902. The lowest BCUT2D eigenvalue weighted by Crippen LogP contribution is -2.48. The summed E-state index contributed by atoms with van der Waals surface area (Å²) in [7, 11) is 0. The molecule has 1 fully saturated rings. The number of nitrogens with two attached hydrogens (primary N) is 1. The molecule has 120 valence electrons. The zero-order chi connectivity index (χ0) is 16.1. The summed E-state index contributed by atoms with van der Waals surface area (Å²) in [5.41, 5.74) is 5.35. The Labute approximate surface area is 135 Å². The standard InChI is InChI=1S/C16H21ClN2O3/c1-11-6-7-12(16(18)21)10-19(11)15(20)8-9-22-14-5-3-2-4-13(14)17/h2-5,11-12H,6-10H2,1H3,(H2,18,21)/t11-,12-/m0/s1. The second kappa shape index (κ2) is 7.49. The number of halogens is 1. The van der Waals surface area contributed by atoms with Crippen molar-refractivity contribution in [2.24, 2.45) is 11.7 Å². The highest BCUT2D eigenvalue weighted by atomic mass is 35.5. The van der Waals surface area contributed by atoms with Crippen molar-refractivity contribution < 1.29 is 14.3 Å². The number of likely N-dealkylation sites (tertiary alicyclic amines) is 1. The number of piperidine rings is 1. The smallest absolute Gasteiger partial charge is 0.226 e. The van der Waals surface area contributed by atoms with E-state index in [0.717, 1.165) is 12.8 Å². The zero-order valence-corrected chi connectivity index (χ0v) is 13.4. The van der Waals surface area contributed by atoms with Gasteiger partial charge in [-0.15, -0.1) is 0 Å². The van der Waals surface area contributed by atoms with E-state index in [-0.39, 0.29) is 36.8 Å². The third-order valence-corrected chi connectivity index (χ3v) is 4.33. The van der Waals surface area contributed by atoms with Crippen molar-refractivity contribution >= 4 is 23.4 Å². The predicted octanol–water partition coefficient (Wildman–Crippen LogP) is 2.22. The van der Waals surface area contributed by atoms with E-state index in [0.29, 0.717) is 17.3 Å². The number of nitrogens with zero attached hydrogens (tertiary/aromatic N) is 1. The fourth-order valence-electron chi connectivity index (χ4n) is 2.64. The van der Waals surface area contributed by atoms with Gasteiger partial charge in [0.05, 0.1) is 24.0 Å². The van der Waals surface area contributed by atoms with E-state index >= 15 is 0 Å². The first-order valence-electron chi connectivity index (χ1n) is 7.45. The van der Waals surface area contributed by atoms with Crippen LogP contribution in [0.1, 0.15) is 26.2 Å². The molecule has 0 unspecified atom stereocenters. The molecule has 6 heteroatoms. The first-order valence-corrected chi connectivity index (χ1v) is 7.83. The molecule has 2 amide bonds. The van der Waals surface area contributed by atoms with Crippen LogP contribution in [0.2, 0.25) is 5.02 Å². The van der Waals surface area contributed by atoms with Crippen molar-refractivity contribution in [3.8, 4) is 5.75 Å². The fourth-order valence-corrected chi connectivity index (χ4v) is 2.83. The summed E-state index contributed by atoms with van der Waals surface area (Å²) < 4.78 is 5.54. The Kier molecular flexibility index (Phi) is 5.66. The summed E-state index contributed by atoms with van der Waals surface area (Å²) in [6, 6.07) is 7.28. The molecule has 1 aromatic rings. The molecule has 0 saturated carbocycles. The Bertz CT molecular complexity index is 550. The SMILES string of the molecule is C[C@H]1CC[C@H](C(N)=O)CN1C(=O)CCOc1ccccc1Cl. The van der Waals surface area contributed by atoms with E-state index in [1.807, 2.05) is 19.1 Å². The second-order valence-corrected chi connectivity index (χ2v) is 6.01. The molecular weight excluding hydrogens is 304 g/mol. The van der Waals surface area contributed by atoms with Crippen LogP contribution in [0.5, 0.6) is 5.75 Å². The number of primary amides is 1. The minimum Gasteiger partial charge on any atom is -0.491 e. The van der Waals surface area contributed by atoms with Crippen molar-refractivity contribution in [2.45, 2.75) is 32.2 Å². The maximum atomic E-state index is 12.3. The van der Waals surface area contributed by atoms with E-state index in [2.05, 4.69) is 0 Å². The topological polar surface area (TPSA) is 72.6 Å². The van der Waals surface area contributed by atoms with Gasteiger partial charge in [-0.1, -0.05) is 23.7 Å². The van der Waals surface area contributed by atoms with Gasteiger partial charge in [0.2, 0.25) is 11.8 Å². The number of benzene rings is 1. The molecule has 1 aliphatic heterocycles. The number of rotatable bonds is 5. The number of carbonyl (C=O) groups excluding carboxylic acids is 2. The van der Waals surface area contributed by atoms with Crippen molar-refractivity contribution in [3.63, 3.8) is 0 Å². The molecule has 0 bridgehead atoms. The minimum absolute atomic E-state index is 0.0227. The highest BCUT2D eigenvalue weighted by Crippen LogP contribution is 2.24. The monoisotopic (exact) mass is 324 g/mol. The predicted molar refractivity (Wildman–Crippen MR) is 84.7 cm³/mol. The average molecular weight is 325 g/mol. The van der Waals surface area contributed by atoms with Crippen LogP contribution in [0.25, 0.3) is 0 Å². The van der Waals surface area contributed by atoms with Gasteiger partial charge in [0.25, 0.3) is 0 Å². The maximum absolute atomic E-state index is 12.3. The molecule has 1 saturated heterocycles. The van der Waals surface area contributed by atoms with Crippen molar-refractivity contribution in [2.75, 3.05) is 13.2 Å². The summed E-state index contributed by atoms with van der Waals surface area (Å²) in [6.07, 6.45) is 1.79. The molecule has 1 heterocycles. The van der Waals surface area contributed by atoms with Crippen molar-refractivity contribution in [1.29, 1.82) is 0 Å². The first kappa shape index (κ1) is 16.6. The lowest BCUT2D eigenvalue weighted by atomic mass is 9.92. The molecule has 22 heavy (non-hydrogen) atoms. The Balaban J connectivity index is 1.86. The van der Waals surface area contributed by atoms with Crippen LogP contribution in [-0.4, -0.2) is 35.9 Å². The van der Waals surface area contributed by atoms with Gasteiger partial charge in [-0.25, -0.2) is 0 Å². The van der Waals surface area contributed by atoms with Crippen molar-refractivity contribution in [3.05, 3.63) is 29.3 Å². The van der Waals surface area contributed by atoms with Gasteiger partial charge in [-0.05, 0) is 31.9 Å². The van der Waals surface area contributed by atoms with Gasteiger partial charge >= 0.3 is 0 Å². The highest BCUT2D eigenvalue weighted by molar-refractivity contribution is 6.32. The molecule has 2 N–H and O–H groups in total. The number of carbonyl (C=O) groups is 2. The molecule has 0 spiro atoms. The molecule has 1 aliphatic rings. The number of para-hydroxylation sites is 1. The molecule has 0 aliphatic carbocycles. The molecule has 0 aromatic heterocycles. The number of ether oxygens (including phenoxy) is 1. The van der Waals surface area contributed by atoms with Gasteiger partial charge in [-0.3, -0.25) is 9.59 Å². The van der Waals surface area contributed by atoms with Gasteiger partial charge in [-0.2, -0.15) is 0 Å². The highest BCUT2D eigenvalue weighted by Gasteiger charge is 2.31. The first-order chi connectivity index (χ1) is 10.5. The largest absolute Gasteiger partial charge is 0.491 e. The summed E-state index contributed by atoms with van der Waals surface area (Å²) in [5, 5.41) is 0.523. The number of hydrogen-bond acceptors (Lipinski definition) is 3. The van der Waals surface area contributed by atoms with Crippen LogP contribution < -0.4 is 10.5 Å². The lowest BCUT2D eigenvalue weighted by molar-refractivity contribution is -0.138. The lowest BCUT2D eigenvalue weighted by Gasteiger charge is -2.37. The molecule has 1 aromatic carbocycles. The fraction of sp³-hybridized carbons (Fsp3) is 0.500. The van der Waals surface area contributed by atoms with Crippen LogP contribution in [0.3, 0.4) is 0 Å². The molecule has 0 radical (unpaired) electrons. The summed E-state index contributed by atoms with van der Waals surface area (Å²) >= 11 is 5.99.